The van der Waals surface area contributed by atoms with E-state index >= 15 is 0 Å². The van der Waals surface area contributed by atoms with Crippen molar-refractivity contribution >= 4 is 5.82 Å². The molecule has 96 valence electrons. The maximum atomic E-state index is 8.85. The summed E-state index contributed by atoms with van der Waals surface area (Å²) >= 11 is 0. The van der Waals surface area contributed by atoms with Gasteiger partial charge in [0.15, 0.2) is 0 Å². The lowest BCUT2D eigenvalue weighted by atomic mass is 10.1. The third-order valence-corrected chi connectivity index (χ3v) is 2.90. The third-order valence-electron chi connectivity index (χ3n) is 2.90. The van der Waals surface area contributed by atoms with Crippen molar-refractivity contribution in [2.75, 3.05) is 5.32 Å². The number of nitrogens with one attached hydrogen (secondary N) is 1. The fraction of sp³-hybridized carbons (Fsp3) is 0.267. The van der Waals surface area contributed by atoms with Gasteiger partial charge in [0.1, 0.15) is 5.82 Å². The molecule has 1 atom stereocenters. The molecule has 19 heavy (non-hydrogen) atoms. The van der Waals surface area contributed by atoms with Gasteiger partial charge in [-0.25, -0.2) is 4.98 Å². The lowest BCUT2D eigenvalue weighted by Gasteiger charge is -2.15. The molecular formula is C15H16N4. The Morgan fingerprint density at radius 3 is 2.89 bits per heavy atom. The van der Waals surface area contributed by atoms with Crippen LogP contribution >= 0.6 is 0 Å². The van der Waals surface area contributed by atoms with Crippen LogP contribution in [-0.2, 0) is 6.42 Å². The molecule has 0 saturated carbocycles. The van der Waals surface area contributed by atoms with Gasteiger partial charge in [-0.2, -0.15) is 5.26 Å². The third kappa shape index (κ3) is 3.52. The molecule has 0 fully saturated rings. The first kappa shape index (κ1) is 13.0. The molecule has 0 aliphatic heterocycles. The van der Waals surface area contributed by atoms with E-state index in [0.29, 0.717) is 5.56 Å². The second-order valence-electron chi connectivity index (χ2n) is 4.56. The number of rotatable bonds is 4. The van der Waals surface area contributed by atoms with Gasteiger partial charge in [0.05, 0.1) is 11.6 Å². The number of hydrogen-bond acceptors (Lipinski definition) is 4. The van der Waals surface area contributed by atoms with Crippen molar-refractivity contribution in [1.82, 2.24) is 9.97 Å². The van der Waals surface area contributed by atoms with Crippen molar-refractivity contribution in [3.8, 4) is 6.07 Å². The highest BCUT2D eigenvalue weighted by molar-refractivity contribution is 5.43. The summed E-state index contributed by atoms with van der Waals surface area (Å²) in [5, 5.41) is 12.1. The molecular weight excluding hydrogens is 236 g/mol. The van der Waals surface area contributed by atoms with Gasteiger partial charge in [-0.3, -0.25) is 4.98 Å². The second kappa shape index (κ2) is 5.96. The molecule has 2 rings (SSSR count). The van der Waals surface area contributed by atoms with Gasteiger partial charge < -0.3 is 5.32 Å². The Kier molecular flexibility index (Phi) is 4.09. The van der Waals surface area contributed by atoms with Crippen molar-refractivity contribution in [1.29, 1.82) is 5.26 Å². The average Bonchev–Trinajstić information content (AvgIpc) is 2.41. The summed E-state index contributed by atoms with van der Waals surface area (Å²) in [4.78, 5) is 8.59. The van der Waals surface area contributed by atoms with Crippen molar-refractivity contribution in [2.24, 2.45) is 0 Å². The van der Waals surface area contributed by atoms with Crippen LogP contribution in [0.1, 0.15) is 23.7 Å². The number of aryl methyl sites for hydroxylation is 1. The van der Waals surface area contributed by atoms with Crippen LogP contribution in [0.3, 0.4) is 0 Å². The minimum atomic E-state index is 0.204. The molecule has 2 aromatic heterocycles. The van der Waals surface area contributed by atoms with Crippen LogP contribution in [0.4, 0.5) is 5.82 Å². The van der Waals surface area contributed by atoms with Gasteiger partial charge in [0.25, 0.3) is 0 Å². The average molecular weight is 252 g/mol. The quantitative estimate of drug-likeness (QED) is 0.908. The Hall–Kier alpha value is -2.41. The minimum Gasteiger partial charge on any atom is -0.367 e. The molecule has 4 nitrogen and oxygen atoms in total. The van der Waals surface area contributed by atoms with Gasteiger partial charge in [0.2, 0.25) is 0 Å². The molecule has 0 amide bonds. The van der Waals surface area contributed by atoms with E-state index in [0.717, 1.165) is 17.9 Å². The molecule has 2 heterocycles. The highest BCUT2D eigenvalue weighted by Gasteiger charge is 2.07. The van der Waals surface area contributed by atoms with Gasteiger partial charge in [-0.15, -0.1) is 0 Å². The van der Waals surface area contributed by atoms with Gasteiger partial charge >= 0.3 is 0 Å². The summed E-state index contributed by atoms with van der Waals surface area (Å²) in [6.07, 6.45) is 4.27. The van der Waals surface area contributed by atoms with E-state index in [1.165, 1.54) is 5.56 Å². The SMILES string of the molecule is Cc1cccnc1C[C@H](C)Nc1cc(C#N)ccn1. The molecule has 4 heteroatoms. The molecule has 0 unspecified atom stereocenters. The largest absolute Gasteiger partial charge is 0.367 e. The fourth-order valence-electron chi connectivity index (χ4n) is 1.90. The Morgan fingerprint density at radius 2 is 2.16 bits per heavy atom. The highest BCUT2D eigenvalue weighted by atomic mass is 15.0. The van der Waals surface area contributed by atoms with Crippen LogP contribution in [0.15, 0.2) is 36.7 Å². The normalized spacial score (nSPS) is 11.6. The summed E-state index contributed by atoms with van der Waals surface area (Å²) < 4.78 is 0. The Bertz CT molecular complexity index is 601. The molecule has 2 aromatic rings. The first-order valence-corrected chi connectivity index (χ1v) is 6.22. The predicted octanol–water partition coefficient (Wildman–Crippen LogP) is 2.70. The first-order chi connectivity index (χ1) is 9.19. The van der Waals surface area contributed by atoms with E-state index in [1.54, 1.807) is 18.3 Å². The topological polar surface area (TPSA) is 61.6 Å². The van der Waals surface area contributed by atoms with Gasteiger partial charge in [-0.1, -0.05) is 6.07 Å². The zero-order valence-corrected chi connectivity index (χ0v) is 11.1. The monoisotopic (exact) mass is 252 g/mol. The maximum absolute atomic E-state index is 8.85. The van der Waals surface area contributed by atoms with Crippen LogP contribution < -0.4 is 5.32 Å². The summed E-state index contributed by atoms with van der Waals surface area (Å²) in [5.74, 6) is 0.722. The number of anilines is 1. The summed E-state index contributed by atoms with van der Waals surface area (Å²) in [6, 6.07) is 9.75. The van der Waals surface area contributed by atoms with Crippen molar-refractivity contribution in [3.05, 3.63) is 53.5 Å². The lowest BCUT2D eigenvalue weighted by molar-refractivity contribution is 0.760. The zero-order valence-electron chi connectivity index (χ0n) is 11.1. The van der Waals surface area contributed by atoms with Crippen molar-refractivity contribution < 1.29 is 0 Å². The van der Waals surface area contributed by atoms with E-state index < -0.39 is 0 Å². The van der Waals surface area contributed by atoms with Crippen molar-refractivity contribution in [2.45, 2.75) is 26.3 Å². The summed E-state index contributed by atoms with van der Waals surface area (Å²) in [6.45, 7) is 4.14. The van der Waals surface area contributed by atoms with Crippen molar-refractivity contribution in [3.63, 3.8) is 0 Å². The minimum absolute atomic E-state index is 0.204. The molecule has 0 radical (unpaired) electrons. The number of nitrogens with zero attached hydrogens (tertiary/aromatic N) is 3. The van der Waals surface area contributed by atoms with Gasteiger partial charge in [-0.05, 0) is 37.6 Å². The van der Waals surface area contributed by atoms with E-state index in [9.17, 15) is 0 Å². The number of nitriles is 1. The Morgan fingerprint density at radius 1 is 1.32 bits per heavy atom. The lowest BCUT2D eigenvalue weighted by Crippen LogP contribution is -2.20. The van der Waals surface area contributed by atoms with E-state index in [1.807, 2.05) is 12.3 Å². The van der Waals surface area contributed by atoms with E-state index in [4.69, 9.17) is 5.26 Å². The fourth-order valence-corrected chi connectivity index (χ4v) is 1.90. The van der Waals surface area contributed by atoms with Crippen LogP contribution in [0, 0.1) is 18.3 Å². The zero-order chi connectivity index (χ0) is 13.7. The van der Waals surface area contributed by atoms with Crippen LogP contribution in [0.5, 0.6) is 0 Å². The van der Waals surface area contributed by atoms with Crippen LogP contribution in [-0.4, -0.2) is 16.0 Å². The smallest absolute Gasteiger partial charge is 0.127 e. The molecule has 1 N–H and O–H groups in total. The van der Waals surface area contributed by atoms with E-state index in [-0.39, 0.29) is 6.04 Å². The van der Waals surface area contributed by atoms with Crippen LogP contribution in [0.25, 0.3) is 0 Å². The Balaban J connectivity index is 2.03. The summed E-state index contributed by atoms with van der Waals surface area (Å²) in [5.41, 5.74) is 2.88. The molecule has 0 saturated heterocycles. The second-order valence-corrected chi connectivity index (χ2v) is 4.56. The summed E-state index contributed by atoms with van der Waals surface area (Å²) in [7, 11) is 0. The van der Waals surface area contributed by atoms with E-state index in [2.05, 4.69) is 41.3 Å². The predicted molar refractivity (Wildman–Crippen MR) is 74.7 cm³/mol. The molecule has 0 bridgehead atoms. The number of pyridine rings is 2. The molecule has 0 spiro atoms. The Labute approximate surface area is 113 Å². The molecule has 0 aliphatic carbocycles. The van der Waals surface area contributed by atoms with Gasteiger partial charge in [0, 0.05) is 30.6 Å². The highest BCUT2D eigenvalue weighted by Crippen LogP contribution is 2.11. The molecule has 0 aromatic carbocycles. The van der Waals surface area contributed by atoms with Crippen LogP contribution in [0.2, 0.25) is 0 Å². The number of hydrogen-bond donors (Lipinski definition) is 1. The first-order valence-electron chi connectivity index (χ1n) is 6.22. The standard InChI is InChI=1S/C15H16N4/c1-11-4-3-6-17-14(11)8-12(2)19-15-9-13(10-16)5-7-18-15/h3-7,9,12H,8H2,1-2H3,(H,18,19)/t12-/m0/s1. The maximum Gasteiger partial charge on any atom is 0.127 e. The molecule has 0 aliphatic rings. The number of aromatic nitrogens is 2.